The van der Waals surface area contributed by atoms with E-state index in [-0.39, 0.29) is 11.4 Å². The van der Waals surface area contributed by atoms with Crippen LogP contribution in [0.2, 0.25) is 5.02 Å². The van der Waals surface area contributed by atoms with Gasteiger partial charge in [-0.25, -0.2) is 4.39 Å². The quantitative estimate of drug-likeness (QED) is 0.782. The summed E-state index contributed by atoms with van der Waals surface area (Å²) in [5.41, 5.74) is 6.88. The Kier molecular flexibility index (Phi) is 2.73. The topological polar surface area (TPSA) is 26.0 Å². The van der Waals surface area contributed by atoms with Gasteiger partial charge in [0.1, 0.15) is 5.82 Å². The van der Waals surface area contributed by atoms with E-state index in [4.69, 9.17) is 17.3 Å². The van der Waals surface area contributed by atoms with Crippen molar-refractivity contribution in [2.45, 2.75) is 31.7 Å². The fraction of sp³-hybridized carbons (Fsp3) is 0.500. The maximum Gasteiger partial charge on any atom is 0.124 e. The van der Waals surface area contributed by atoms with Crippen molar-refractivity contribution in [3.05, 3.63) is 34.6 Å². The maximum absolute atomic E-state index is 12.9. The molecule has 2 unspecified atom stereocenters. The average molecular weight is 228 g/mol. The molecule has 0 spiro atoms. The Morgan fingerprint density at radius 2 is 2.27 bits per heavy atom. The van der Waals surface area contributed by atoms with E-state index in [9.17, 15) is 4.39 Å². The molecule has 2 N–H and O–H groups in total. The lowest BCUT2D eigenvalue weighted by molar-refractivity contribution is 0.349. The molecule has 15 heavy (non-hydrogen) atoms. The summed E-state index contributed by atoms with van der Waals surface area (Å²) in [6, 6.07) is 4.50. The van der Waals surface area contributed by atoms with Crippen molar-refractivity contribution in [3.63, 3.8) is 0 Å². The third-order valence-corrected chi connectivity index (χ3v) is 3.85. The second-order valence-corrected chi connectivity index (χ2v) is 4.87. The lowest BCUT2D eigenvalue weighted by atomic mass is 9.82. The van der Waals surface area contributed by atoms with E-state index in [0.29, 0.717) is 10.9 Å². The molecule has 2 atom stereocenters. The van der Waals surface area contributed by atoms with Gasteiger partial charge in [0.15, 0.2) is 0 Å². The molecule has 0 saturated heterocycles. The Hall–Kier alpha value is -0.600. The van der Waals surface area contributed by atoms with Crippen molar-refractivity contribution in [1.29, 1.82) is 0 Å². The number of halogens is 2. The highest BCUT2D eigenvalue weighted by Gasteiger charge is 2.39. The molecule has 1 aromatic rings. The van der Waals surface area contributed by atoms with E-state index in [1.54, 1.807) is 6.07 Å². The molecule has 2 rings (SSSR count). The van der Waals surface area contributed by atoms with Crippen LogP contribution in [-0.2, 0) is 5.54 Å². The van der Waals surface area contributed by atoms with Crippen LogP contribution < -0.4 is 5.73 Å². The summed E-state index contributed by atoms with van der Waals surface area (Å²) in [5, 5.41) is 0.450. The Bertz CT molecular complexity index is 380. The zero-order valence-corrected chi connectivity index (χ0v) is 9.52. The van der Waals surface area contributed by atoms with E-state index in [1.165, 1.54) is 12.1 Å². The number of hydrogen-bond acceptors (Lipinski definition) is 1. The molecule has 0 bridgehead atoms. The Labute approximate surface area is 94.4 Å². The second kappa shape index (κ2) is 3.76. The summed E-state index contributed by atoms with van der Waals surface area (Å²) in [7, 11) is 0. The minimum atomic E-state index is -0.370. The summed E-state index contributed by atoms with van der Waals surface area (Å²) in [6.07, 6.45) is 3.16. The second-order valence-electron chi connectivity index (χ2n) is 4.46. The van der Waals surface area contributed by atoms with Crippen molar-refractivity contribution >= 4 is 11.6 Å². The highest BCUT2D eigenvalue weighted by molar-refractivity contribution is 6.31. The average Bonchev–Trinajstić information content (AvgIpc) is 2.47. The minimum Gasteiger partial charge on any atom is -0.321 e. The molecule has 1 aliphatic carbocycles. The number of nitrogens with two attached hydrogens (primary N) is 1. The van der Waals surface area contributed by atoms with Crippen LogP contribution in [0.4, 0.5) is 4.39 Å². The zero-order valence-electron chi connectivity index (χ0n) is 8.76. The maximum atomic E-state index is 12.9. The van der Waals surface area contributed by atoms with Crippen LogP contribution >= 0.6 is 11.6 Å². The minimum absolute atomic E-state index is 0.307. The Morgan fingerprint density at radius 1 is 1.53 bits per heavy atom. The third-order valence-electron chi connectivity index (χ3n) is 3.54. The Morgan fingerprint density at radius 3 is 2.80 bits per heavy atom. The highest BCUT2D eigenvalue weighted by atomic mass is 35.5. The van der Waals surface area contributed by atoms with Gasteiger partial charge in [-0.3, -0.25) is 0 Å². The van der Waals surface area contributed by atoms with Gasteiger partial charge >= 0.3 is 0 Å². The van der Waals surface area contributed by atoms with Crippen LogP contribution in [0.1, 0.15) is 31.7 Å². The predicted molar refractivity (Wildman–Crippen MR) is 60.3 cm³/mol. The van der Waals surface area contributed by atoms with Crippen LogP contribution in [0.3, 0.4) is 0 Å². The first kappa shape index (κ1) is 10.9. The first-order valence-electron chi connectivity index (χ1n) is 5.28. The van der Waals surface area contributed by atoms with Crippen molar-refractivity contribution in [2.75, 3.05) is 0 Å². The third kappa shape index (κ3) is 1.77. The molecule has 1 fully saturated rings. The van der Waals surface area contributed by atoms with Crippen LogP contribution in [0, 0.1) is 11.7 Å². The predicted octanol–water partition coefficient (Wildman–Crippen LogP) is 3.45. The number of benzene rings is 1. The summed E-state index contributed by atoms with van der Waals surface area (Å²) in [5.74, 6) is 0.0958. The van der Waals surface area contributed by atoms with Crippen LogP contribution in [0.5, 0.6) is 0 Å². The summed E-state index contributed by atoms with van der Waals surface area (Å²) in [4.78, 5) is 0. The molecular weight excluding hydrogens is 213 g/mol. The van der Waals surface area contributed by atoms with Crippen molar-refractivity contribution in [2.24, 2.45) is 11.7 Å². The SMILES string of the molecule is CC1CCCC1(N)c1ccc(F)cc1Cl. The van der Waals surface area contributed by atoms with Crippen LogP contribution in [0.25, 0.3) is 0 Å². The normalized spacial score (nSPS) is 30.8. The van der Waals surface area contributed by atoms with E-state index in [0.717, 1.165) is 24.8 Å². The fourth-order valence-electron chi connectivity index (χ4n) is 2.47. The smallest absolute Gasteiger partial charge is 0.124 e. The van der Waals surface area contributed by atoms with Crippen molar-refractivity contribution in [1.82, 2.24) is 0 Å². The molecule has 1 aromatic carbocycles. The molecule has 1 nitrogen and oxygen atoms in total. The first-order valence-corrected chi connectivity index (χ1v) is 5.66. The van der Waals surface area contributed by atoms with Gasteiger partial charge in [0.05, 0.1) is 0 Å². The van der Waals surface area contributed by atoms with Gasteiger partial charge in [-0.2, -0.15) is 0 Å². The molecular formula is C12H15ClFN. The monoisotopic (exact) mass is 227 g/mol. The van der Waals surface area contributed by atoms with E-state index in [1.807, 2.05) is 0 Å². The molecule has 1 saturated carbocycles. The van der Waals surface area contributed by atoms with Gasteiger partial charge < -0.3 is 5.73 Å². The van der Waals surface area contributed by atoms with Crippen LogP contribution in [0.15, 0.2) is 18.2 Å². The zero-order chi connectivity index (χ0) is 11.1. The van der Waals surface area contributed by atoms with Crippen LogP contribution in [-0.4, -0.2) is 0 Å². The van der Waals surface area contributed by atoms with Gasteiger partial charge in [0, 0.05) is 10.6 Å². The highest BCUT2D eigenvalue weighted by Crippen LogP contribution is 2.43. The van der Waals surface area contributed by atoms with Gasteiger partial charge in [-0.05, 0) is 36.5 Å². The summed E-state index contributed by atoms with van der Waals surface area (Å²) in [6.45, 7) is 2.13. The van der Waals surface area contributed by atoms with Crippen molar-refractivity contribution in [3.8, 4) is 0 Å². The van der Waals surface area contributed by atoms with E-state index >= 15 is 0 Å². The fourth-order valence-corrected chi connectivity index (χ4v) is 2.81. The Balaban J connectivity index is 2.44. The molecule has 0 heterocycles. The summed E-state index contributed by atoms with van der Waals surface area (Å²) < 4.78 is 12.9. The molecule has 0 aromatic heterocycles. The van der Waals surface area contributed by atoms with Gasteiger partial charge in [-0.1, -0.05) is 31.0 Å². The van der Waals surface area contributed by atoms with Gasteiger partial charge in [0.25, 0.3) is 0 Å². The molecule has 82 valence electrons. The molecule has 0 amide bonds. The molecule has 0 aliphatic heterocycles. The largest absolute Gasteiger partial charge is 0.321 e. The molecule has 3 heteroatoms. The van der Waals surface area contributed by atoms with E-state index in [2.05, 4.69) is 6.92 Å². The lowest BCUT2D eigenvalue weighted by Crippen LogP contribution is -2.39. The molecule has 1 aliphatic rings. The number of hydrogen-bond donors (Lipinski definition) is 1. The van der Waals surface area contributed by atoms with Crippen molar-refractivity contribution < 1.29 is 4.39 Å². The van der Waals surface area contributed by atoms with Gasteiger partial charge in [-0.15, -0.1) is 0 Å². The van der Waals surface area contributed by atoms with Gasteiger partial charge in [0.2, 0.25) is 0 Å². The standard InChI is InChI=1S/C12H15ClFN/c1-8-3-2-6-12(8,15)10-5-4-9(14)7-11(10)13/h4-5,7-8H,2-3,6,15H2,1H3. The lowest BCUT2D eigenvalue weighted by Gasteiger charge is -2.30. The summed E-state index contributed by atoms with van der Waals surface area (Å²) >= 11 is 6.04. The number of rotatable bonds is 1. The molecule has 0 radical (unpaired) electrons. The van der Waals surface area contributed by atoms with E-state index < -0.39 is 0 Å². The first-order chi connectivity index (χ1) is 7.04.